The fraction of sp³-hybridized carbons (Fsp3) is 0.200. The van der Waals surface area contributed by atoms with Crippen molar-refractivity contribution in [1.29, 1.82) is 0 Å². The van der Waals surface area contributed by atoms with Crippen LogP contribution in [0.3, 0.4) is 0 Å². The first-order valence-corrected chi connectivity index (χ1v) is 12.7. The number of sulfonamides is 1. The predicted molar refractivity (Wildman–Crippen MR) is 136 cm³/mol. The maximum Gasteiger partial charge on any atom is 0.260 e. The highest BCUT2D eigenvalue weighted by atomic mass is 35.5. The third kappa shape index (κ3) is 7.07. The van der Waals surface area contributed by atoms with Gasteiger partial charge in [0.15, 0.2) is 0 Å². The van der Waals surface area contributed by atoms with E-state index in [0.29, 0.717) is 23.1 Å². The van der Waals surface area contributed by atoms with E-state index >= 15 is 0 Å². The molecule has 0 fully saturated rings. The maximum atomic E-state index is 12.4. The number of ether oxygens (including phenoxy) is 1. The van der Waals surface area contributed by atoms with E-state index in [2.05, 4.69) is 10.5 Å². The van der Waals surface area contributed by atoms with Gasteiger partial charge in [0.25, 0.3) is 5.91 Å². The van der Waals surface area contributed by atoms with E-state index in [1.807, 2.05) is 44.2 Å². The molecule has 178 valence electrons. The Morgan fingerprint density at radius 1 is 1.06 bits per heavy atom. The summed E-state index contributed by atoms with van der Waals surface area (Å²) in [6.45, 7) is 3.79. The smallest absolute Gasteiger partial charge is 0.260 e. The molecule has 0 aliphatic heterocycles. The Morgan fingerprint density at radius 3 is 2.41 bits per heavy atom. The molecule has 0 aliphatic carbocycles. The highest BCUT2D eigenvalue weighted by molar-refractivity contribution is 7.92. The standard InChI is InChI=1S/C25H26ClN3O4S/c1-18-8-11-22(14-19(18)2)29(34(3,31)32)16-25(30)28-27-15-20-9-12-23(13-10-20)33-17-21-6-4-5-7-24(21)26/h4-15H,16-17H2,1-3H3,(H,28,30)/b27-15-. The number of hydrazone groups is 1. The van der Waals surface area contributed by atoms with Crippen molar-refractivity contribution in [3.05, 3.63) is 94.0 Å². The van der Waals surface area contributed by atoms with Gasteiger partial charge in [-0.2, -0.15) is 5.10 Å². The van der Waals surface area contributed by atoms with Crippen LogP contribution in [0.4, 0.5) is 5.69 Å². The van der Waals surface area contributed by atoms with Crippen LogP contribution < -0.4 is 14.5 Å². The van der Waals surface area contributed by atoms with Gasteiger partial charge >= 0.3 is 0 Å². The zero-order chi connectivity index (χ0) is 24.7. The van der Waals surface area contributed by atoms with Crippen LogP contribution in [0, 0.1) is 13.8 Å². The Bertz CT molecular complexity index is 1290. The van der Waals surface area contributed by atoms with Crippen LogP contribution in [-0.4, -0.2) is 33.3 Å². The summed E-state index contributed by atoms with van der Waals surface area (Å²) in [6.07, 6.45) is 2.53. The van der Waals surface area contributed by atoms with Crippen molar-refractivity contribution in [2.75, 3.05) is 17.1 Å². The van der Waals surface area contributed by atoms with Crippen molar-refractivity contribution >= 4 is 39.4 Å². The average molecular weight is 500 g/mol. The van der Waals surface area contributed by atoms with E-state index in [4.69, 9.17) is 16.3 Å². The number of halogens is 1. The summed E-state index contributed by atoms with van der Waals surface area (Å²) in [5.74, 6) is 0.109. The molecular weight excluding hydrogens is 474 g/mol. The van der Waals surface area contributed by atoms with Gasteiger partial charge in [0, 0.05) is 10.6 Å². The van der Waals surface area contributed by atoms with E-state index in [1.54, 1.807) is 36.4 Å². The van der Waals surface area contributed by atoms with Crippen molar-refractivity contribution in [3.63, 3.8) is 0 Å². The van der Waals surface area contributed by atoms with Crippen LogP contribution >= 0.6 is 11.6 Å². The Morgan fingerprint density at radius 2 is 1.76 bits per heavy atom. The second-order valence-corrected chi connectivity index (χ2v) is 10.1. The number of rotatable bonds is 9. The average Bonchev–Trinajstić information content (AvgIpc) is 2.79. The first kappa shape index (κ1) is 25.3. The molecule has 0 bridgehead atoms. The second-order valence-electron chi connectivity index (χ2n) is 7.78. The molecule has 0 aromatic heterocycles. The van der Waals surface area contributed by atoms with Gasteiger partial charge < -0.3 is 4.74 Å². The lowest BCUT2D eigenvalue weighted by Crippen LogP contribution is -2.39. The number of carbonyl (C=O) groups is 1. The number of hydrogen-bond acceptors (Lipinski definition) is 5. The molecular formula is C25H26ClN3O4S. The molecule has 9 heteroatoms. The van der Waals surface area contributed by atoms with Crippen molar-refractivity contribution < 1.29 is 17.9 Å². The molecule has 0 spiro atoms. The molecule has 7 nitrogen and oxygen atoms in total. The van der Waals surface area contributed by atoms with Crippen LogP contribution in [0.5, 0.6) is 5.75 Å². The number of carbonyl (C=O) groups excluding carboxylic acids is 1. The zero-order valence-corrected chi connectivity index (χ0v) is 20.7. The Kier molecular flexibility index (Phi) is 8.31. The topological polar surface area (TPSA) is 88.1 Å². The monoisotopic (exact) mass is 499 g/mol. The first-order chi connectivity index (χ1) is 16.1. The second kappa shape index (κ2) is 11.2. The fourth-order valence-corrected chi connectivity index (χ4v) is 4.09. The van der Waals surface area contributed by atoms with Gasteiger partial charge in [-0.25, -0.2) is 13.8 Å². The van der Waals surface area contributed by atoms with Crippen LogP contribution in [-0.2, 0) is 21.4 Å². The molecule has 0 aliphatic rings. The van der Waals surface area contributed by atoms with Gasteiger partial charge in [0.05, 0.1) is 18.2 Å². The third-order valence-corrected chi connectivity index (χ3v) is 6.61. The number of amides is 1. The van der Waals surface area contributed by atoms with Gasteiger partial charge in [0.1, 0.15) is 18.9 Å². The molecule has 0 saturated heterocycles. The van der Waals surface area contributed by atoms with Crippen molar-refractivity contribution in [2.45, 2.75) is 20.5 Å². The molecule has 3 rings (SSSR count). The number of benzene rings is 3. The Balaban J connectivity index is 1.57. The summed E-state index contributed by atoms with van der Waals surface area (Å²) in [4.78, 5) is 12.4. The lowest BCUT2D eigenvalue weighted by Gasteiger charge is -2.22. The lowest BCUT2D eigenvalue weighted by molar-refractivity contribution is -0.119. The van der Waals surface area contributed by atoms with Gasteiger partial charge in [-0.1, -0.05) is 35.9 Å². The number of nitrogens with zero attached hydrogens (tertiary/aromatic N) is 2. The number of nitrogens with one attached hydrogen (secondary N) is 1. The van der Waals surface area contributed by atoms with E-state index in [9.17, 15) is 13.2 Å². The SMILES string of the molecule is Cc1ccc(N(CC(=O)N/N=C\c2ccc(OCc3ccccc3Cl)cc2)S(C)(=O)=O)cc1C. The van der Waals surface area contributed by atoms with E-state index in [-0.39, 0.29) is 6.54 Å². The summed E-state index contributed by atoms with van der Waals surface area (Å²) < 4.78 is 31.3. The third-order valence-electron chi connectivity index (χ3n) is 5.10. The van der Waals surface area contributed by atoms with E-state index in [0.717, 1.165) is 32.8 Å². The van der Waals surface area contributed by atoms with E-state index in [1.165, 1.54) is 6.21 Å². The summed E-state index contributed by atoms with van der Waals surface area (Å²) in [5, 5.41) is 4.58. The summed E-state index contributed by atoms with van der Waals surface area (Å²) in [5.41, 5.74) is 6.40. The van der Waals surface area contributed by atoms with Gasteiger partial charge in [-0.05, 0) is 73.0 Å². The van der Waals surface area contributed by atoms with Crippen LogP contribution in [0.15, 0.2) is 71.8 Å². The van der Waals surface area contributed by atoms with Crippen LogP contribution in [0.1, 0.15) is 22.3 Å². The maximum absolute atomic E-state index is 12.4. The Hall–Kier alpha value is -3.36. The van der Waals surface area contributed by atoms with Crippen molar-refractivity contribution in [1.82, 2.24) is 5.43 Å². The quantitative estimate of drug-likeness (QED) is 0.348. The summed E-state index contributed by atoms with van der Waals surface area (Å²) >= 11 is 6.13. The largest absolute Gasteiger partial charge is 0.489 e. The molecule has 0 unspecified atom stereocenters. The molecule has 3 aromatic rings. The molecule has 0 atom stereocenters. The predicted octanol–water partition coefficient (Wildman–Crippen LogP) is 4.45. The van der Waals surface area contributed by atoms with E-state index < -0.39 is 15.9 Å². The molecule has 3 aromatic carbocycles. The molecule has 1 amide bonds. The lowest BCUT2D eigenvalue weighted by atomic mass is 10.1. The minimum atomic E-state index is -3.65. The zero-order valence-electron chi connectivity index (χ0n) is 19.2. The van der Waals surface area contributed by atoms with Crippen LogP contribution in [0.2, 0.25) is 5.02 Å². The molecule has 0 saturated carbocycles. The summed E-state index contributed by atoms with van der Waals surface area (Å²) in [7, 11) is -3.65. The molecule has 0 radical (unpaired) electrons. The fourth-order valence-electron chi connectivity index (χ4n) is 3.05. The number of anilines is 1. The molecule has 34 heavy (non-hydrogen) atoms. The van der Waals surface area contributed by atoms with Gasteiger partial charge in [-0.15, -0.1) is 0 Å². The number of hydrogen-bond donors (Lipinski definition) is 1. The molecule has 1 N–H and O–H groups in total. The van der Waals surface area contributed by atoms with Crippen LogP contribution in [0.25, 0.3) is 0 Å². The van der Waals surface area contributed by atoms with Crippen molar-refractivity contribution in [2.24, 2.45) is 5.10 Å². The Labute approximate surface area is 205 Å². The first-order valence-electron chi connectivity index (χ1n) is 10.5. The molecule has 0 heterocycles. The normalized spacial score (nSPS) is 11.4. The van der Waals surface area contributed by atoms with Gasteiger partial charge in [0.2, 0.25) is 10.0 Å². The highest BCUT2D eigenvalue weighted by Crippen LogP contribution is 2.21. The minimum absolute atomic E-state index is 0.348. The van der Waals surface area contributed by atoms with Gasteiger partial charge in [-0.3, -0.25) is 9.10 Å². The number of aryl methyl sites for hydroxylation is 2. The minimum Gasteiger partial charge on any atom is -0.489 e. The highest BCUT2D eigenvalue weighted by Gasteiger charge is 2.21. The summed E-state index contributed by atoms with van der Waals surface area (Å²) in [6, 6.07) is 19.8. The van der Waals surface area contributed by atoms with Crippen molar-refractivity contribution in [3.8, 4) is 5.75 Å².